The van der Waals surface area contributed by atoms with E-state index in [2.05, 4.69) is 5.32 Å². The zero-order chi connectivity index (χ0) is 15.5. The van der Waals surface area contributed by atoms with Gasteiger partial charge in [-0.15, -0.1) is 0 Å². The highest BCUT2D eigenvalue weighted by atomic mass is 35.5. The first-order chi connectivity index (χ1) is 9.92. The molecule has 0 radical (unpaired) electrons. The zero-order valence-corrected chi connectivity index (χ0v) is 13.4. The van der Waals surface area contributed by atoms with Gasteiger partial charge in [0.05, 0.1) is 18.1 Å². The minimum absolute atomic E-state index is 0.0996. The summed E-state index contributed by atoms with van der Waals surface area (Å²) in [6, 6.07) is 5.04. The molecule has 0 bridgehead atoms. The minimum atomic E-state index is -0.848. The first kappa shape index (κ1) is 16.6. The highest BCUT2D eigenvalue weighted by Crippen LogP contribution is 2.33. The smallest absolute Gasteiger partial charge is 0.224 e. The van der Waals surface area contributed by atoms with Crippen molar-refractivity contribution < 1.29 is 14.6 Å². The van der Waals surface area contributed by atoms with E-state index in [1.54, 1.807) is 18.2 Å². The highest BCUT2D eigenvalue weighted by Gasteiger charge is 2.43. The number of hydrogen-bond donors (Lipinski definition) is 2. The van der Waals surface area contributed by atoms with Gasteiger partial charge < -0.3 is 15.2 Å². The Bertz CT molecular complexity index is 516. The number of benzene rings is 1. The van der Waals surface area contributed by atoms with Crippen LogP contribution in [0.3, 0.4) is 0 Å². The molecule has 0 heterocycles. The fraction of sp³-hybridized carbons (Fsp3) is 0.533. The largest absolute Gasteiger partial charge is 0.388 e. The molecule has 0 aromatic heterocycles. The van der Waals surface area contributed by atoms with Crippen molar-refractivity contribution in [1.82, 2.24) is 5.32 Å². The predicted molar refractivity (Wildman–Crippen MR) is 82.8 cm³/mol. The van der Waals surface area contributed by atoms with E-state index in [0.29, 0.717) is 35.1 Å². The van der Waals surface area contributed by atoms with Gasteiger partial charge in [0, 0.05) is 36.0 Å². The molecule has 116 valence electrons. The van der Waals surface area contributed by atoms with Crippen LogP contribution in [0.25, 0.3) is 0 Å². The number of rotatable bonds is 6. The zero-order valence-electron chi connectivity index (χ0n) is 11.9. The normalized spacial score (nSPS) is 24.5. The summed E-state index contributed by atoms with van der Waals surface area (Å²) in [5.74, 6) is -0.174. The summed E-state index contributed by atoms with van der Waals surface area (Å²) in [5.41, 5.74) is -0.134. The van der Waals surface area contributed by atoms with Crippen molar-refractivity contribution in [2.75, 3.05) is 13.2 Å². The third kappa shape index (κ3) is 4.58. The van der Waals surface area contributed by atoms with Crippen LogP contribution in [0.5, 0.6) is 0 Å². The lowest BCUT2D eigenvalue weighted by Gasteiger charge is -2.43. The molecule has 1 aromatic rings. The third-order valence-corrected chi connectivity index (χ3v) is 4.19. The molecule has 1 fully saturated rings. The van der Waals surface area contributed by atoms with E-state index in [4.69, 9.17) is 27.9 Å². The van der Waals surface area contributed by atoms with Gasteiger partial charge in [0.2, 0.25) is 5.91 Å². The van der Waals surface area contributed by atoms with E-state index in [-0.39, 0.29) is 25.0 Å². The highest BCUT2D eigenvalue weighted by molar-refractivity contribution is 6.35. The fourth-order valence-electron chi connectivity index (χ4n) is 2.45. The van der Waals surface area contributed by atoms with Crippen molar-refractivity contribution in [3.63, 3.8) is 0 Å². The molecule has 1 aliphatic rings. The summed E-state index contributed by atoms with van der Waals surface area (Å²) >= 11 is 11.8. The summed E-state index contributed by atoms with van der Waals surface area (Å²) < 4.78 is 5.40. The minimum Gasteiger partial charge on any atom is -0.388 e. The molecule has 0 unspecified atom stereocenters. The molecule has 2 rings (SSSR count). The molecule has 2 N–H and O–H groups in total. The number of halogens is 2. The maximum atomic E-state index is 11.9. The van der Waals surface area contributed by atoms with Gasteiger partial charge in [-0.2, -0.15) is 0 Å². The molecule has 1 aliphatic carbocycles. The van der Waals surface area contributed by atoms with E-state index < -0.39 is 5.60 Å². The van der Waals surface area contributed by atoms with Crippen molar-refractivity contribution in [2.45, 2.75) is 37.9 Å². The summed E-state index contributed by atoms with van der Waals surface area (Å²) in [6.45, 7) is 2.80. The van der Waals surface area contributed by atoms with Crippen LogP contribution in [0.15, 0.2) is 18.2 Å². The molecule has 0 atom stereocenters. The number of nitrogens with one attached hydrogen (secondary N) is 1. The summed E-state index contributed by atoms with van der Waals surface area (Å²) in [4.78, 5) is 11.9. The van der Waals surface area contributed by atoms with Crippen molar-refractivity contribution in [1.29, 1.82) is 0 Å². The maximum absolute atomic E-state index is 11.9. The number of ether oxygens (including phenoxy) is 1. The Morgan fingerprint density at radius 3 is 2.81 bits per heavy atom. The summed E-state index contributed by atoms with van der Waals surface area (Å²) in [7, 11) is 0. The van der Waals surface area contributed by atoms with E-state index in [9.17, 15) is 9.90 Å². The number of hydrogen-bond acceptors (Lipinski definition) is 3. The Kier molecular flexibility index (Phi) is 5.49. The van der Waals surface area contributed by atoms with E-state index in [1.807, 2.05) is 6.92 Å². The van der Waals surface area contributed by atoms with Crippen LogP contribution in [0.2, 0.25) is 10.0 Å². The lowest BCUT2D eigenvalue weighted by molar-refractivity contribution is -0.141. The molecule has 1 amide bonds. The molecule has 21 heavy (non-hydrogen) atoms. The molecule has 0 saturated heterocycles. The van der Waals surface area contributed by atoms with Gasteiger partial charge in [0.25, 0.3) is 0 Å². The predicted octanol–water partition coefficient (Wildman–Crippen LogP) is 2.58. The number of aliphatic hydroxyl groups is 1. The standard InChI is InChI=1S/C15H19Cl2NO3/c1-2-21-12-7-15(20,8-12)9-18-14(19)5-10-3-4-11(16)6-13(10)17/h3-4,6,12,20H,2,5,7-9H2,1H3,(H,18,19). The van der Waals surface area contributed by atoms with Crippen molar-refractivity contribution in [3.8, 4) is 0 Å². The van der Waals surface area contributed by atoms with Gasteiger partial charge in [-0.3, -0.25) is 4.79 Å². The van der Waals surface area contributed by atoms with Crippen LogP contribution in [-0.4, -0.2) is 35.9 Å². The Morgan fingerprint density at radius 1 is 1.48 bits per heavy atom. The van der Waals surface area contributed by atoms with Crippen LogP contribution in [0.4, 0.5) is 0 Å². The Labute approximate surface area is 134 Å². The van der Waals surface area contributed by atoms with Crippen molar-refractivity contribution >= 4 is 29.1 Å². The van der Waals surface area contributed by atoms with Gasteiger partial charge in [0.1, 0.15) is 0 Å². The second-order valence-corrected chi connectivity index (χ2v) is 6.24. The molecule has 6 heteroatoms. The Hall–Kier alpha value is -0.810. The van der Waals surface area contributed by atoms with Gasteiger partial charge in [-0.05, 0) is 24.6 Å². The topological polar surface area (TPSA) is 58.6 Å². The lowest BCUT2D eigenvalue weighted by atomic mass is 9.77. The van der Waals surface area contributed by atoms with E-state index in [1.165, 1.54) is 0 Å². The SMILES string of the molecule is CCOC1CC(O)(CNC(=O)Cc2ccc(Cl)cc2Cl)C1. The summed E-state index contributed by atoms with van der Waals surface area (Å²) in [6.07, 6.45) is 1.38. The molecule has 1 aromatic carbocycles. The van der Waals surface area contributed by atoms with Crippen LogP contribution in [0.1, 0.15) is 25.3 Å². The summed E-state index contributed by atoms with van der Waals surface area (Å²) in [5, 5.41) is 13.9. The molecular formula is C15H19Cl2NO3. The van der Waals surface area contributed by atoms with Crippen LogP contribution in [0, 0.1) is 0 Å². The average molecular weight is 332 g/mol. The molecular weight excluding hydrogens is 313 g/mol. The molecule has 0 aliphatic heterocycles. The van der Waals surface area contributed by atoms with Crippen molar-refractivity contribution in [3.05, 3.63) is 33.8 Å². The Balaban J connectivity index is 1.78. The molecule has 4 nitrogen and oxygen atoms in total. The van der Waals surface area contributed by atoms with Gasteiger partial charge >= 0.3 is 0 Å². The Morgan fingerprint density at radius 2 is 2.19 bits per heavy atom. The van der Waals surface area contributed by atoms with Crippen LogP contribution < -0.4 is 5.32 Å². The monoisotopic (exact) mass is 331 g/mol. The first-order valence-corrected chi connectivity index (χ1v) is 7.72. The lowest BCUT2D eigenvalue weighted by Crippen LogP contribution is -2.55. The van der Waals surface area contributed by atoms with E-state index >= 15 is 0 Å². The van der Waals surface area contributed by atoms with Gasteiger partial charge in [-0.1, -0.05) is 29.3 Å². The van der Waals surface area contributed by atoms with Gasteiger partial charge in [-0.25, -0.2) is 0 Å². The number of carbonyl (C=O) groups is 1. The fourth-order valence-corrected chi connectivity index (χ4v) is 2.92. The second kappa shape index (κ2) is 6.97. The third-order valence-electron chi connectivity index (χ3n) is 3.60. The van der Waals surface area contributed by atoms with Crippen LogP contribution >= 0.6 is 23.2 Å². The molecule has 0 spiro atoms. The van der Waals surface area contributed by atoms with Gasteiger partial charge in [0.15, 0.2) is 0 Å². The first-order valence-electron chi connectivity index (χ1n) is 6.96. The maximum Gasteiger partial charge on any atom is 0.224 e. The van der Waals surface area contributed by atoms with E-state index in [0.717, 1.165) is 0 Å². The number of carbonyl (C=O) groups excluding carboxylic acids is 1. The van der Waals surface area contributed by atoms with Crippen molar-refractivity contribution in [2.24, 2.45) is 0 Å². The molecule has 1 saturated carbocycles. The second-order valence-electron chi connectivity index (χ2n) is 5.40. The average Bonchev–Trinajstić information content (AvgIpc) is 2.38. The number of amides is 1. The van der Waals surface area contributed by atoms with Crippen LogP contribution in [-0.2, 0) is 16.0 Å². The quantitative estimate of drug-likeness (QED) is 0.842.